The fourth-order valence-corrected chi connectivity index (χ4v) is 0.964. The molecule has 0 aromatic rings. The van der Waals surface area contributed by atoms with Crippen LogP contribution in [0.2, 0.25) is 0 Å². The molecule has 0 saturated carbocycles. The maximum absolute atomic E-state index is 11.0. The van der Waals surface area contributed by atoms with Crippen LogP contribution in [0, 0.1) is 0 Å². The zero-order valence-corrected chi connectivity index (χ0v) is 9.62. The summed E-state index contributed by atoms with van der Waals surface area (Å²) in [6.45, 7) is 1.61. The summed E-state index contributed by atoms with van der Waals surface area (Å²) < 4.78 is 4.53. The van der Waals surface area contributed by atoms with Gasteiger partial charge in [0.1, 0.15) is 18.4 Å². The van der Waals surface area contributed by atoms with Gasteiger partial charge in [-0.2, -0.15) is 0 Å². The fourth-order valence-electron chi connectivity index (χ4n) is 0.887. The van der Waals surface area contributed by atoms with Crippen molar-refractivity contribution in [1.29, 1.82) is 0 Å². The highest BCUT2D eigenvalue weighted by Gasteiger charge is 2.22. The van der Waals surface area contributed by atoms with Gasteiger partial charge in [-0.15, -0.1) is 11.6 Å². The van der Waals surface area contributed by atoms with E-state index in [0.717, 1.165) is 0 Å². The van der Waals surface area contributed by atoms with Gasteiger partial charge in [0, 0.05) is 12.8 Å². The summed E-state index contributed by atoms with van der Waals surface area (Å²) in [5.41, 5.74) is 0. The van der Waals surface area contributed by atoms with E-state index in [9.17, 15) is 14.4 Å². The largest absolute Gasteiger partial charge is 0.480 e. The van der Waals surface area contributed by atoms with E-state index in [4.69, 9.17) is 16.7 Å². The molecule has 0 fully saturated rings. The number of nitrogens with one attached hydrogen (secondary N) is 1. The first-order valence-electron chi connectivity index (χ1n) is 4.75. The molecule has 0 heterocycles. The van der Waals surface area contributed by atoms with Gasteiger partial charge in [0.15, 0.2) is 0 Å². The molecule has 0 bridgehead atoms. The number of carbonyl (C=O) groups excluding carboxylic acids is 2. The Morgan fingerprint density at radius 2 is 2.06 bits per heavy atom. The third kappa shape index (κ3) is 6.23. The Bertz CT molecular complexity index is 269. The summed E-state index contributed by atoms with van der Waals surface area (Å²) in [4.78, 5) is 32.8. The van der Waals surface area contributed by atoms with E-state index in [2.05, 4.69) is 10.1 Å². The predicted octanol–water partition coefficient (Wildman–Crippen LogP) is 0.774. The summed E-state index contributed by atoms with van der Waals surface area (Å²) in [6, 6.07) is -1.25. The second-order valence-corrected chi connectivity index (χ2v) is 3.33. The van der Waals surface area contributed by atoms with Gasteiger partial charge in [-0.25, -0.2) is 9.59 Å². The first-order valence-corrected chi connectivity index (χ1v) is 5.28. The maximum atomic E-state index is 11.0. The number of carbonyl (C=O) groups is 3. The number of ether oxygens (including phenoxy) is 1. The molecule has 6 nitrogen and oxygen atoms in total. The molecule has 2 N–H and O–H groups in total. The van der Waals surface area contributed by atoms with Crippen LogP contribution >= 0.6 is 11.6 Å². The SMILES string of the molecule is CCC(=O)CC(NC(=O)OCCCl)C(=O)O. The van der Waals surface area contributed by atoms with Crippen LogP contribution in [0.3, 0.4) is 0 Å². The lowest BCUT2D eigenvalue weighted by atomic mass is 10.1. The quantitative estimate of drug-likeness (QED) is 0.652. The molecule has 1 amide bonds. The van der Waals surface area contributed by atoms with Gasteiger partial charge in [0.2, 0.25) is 0 Å². The van der Waals surface area contributed by atoms with E-state index in [1.165, 1.54) is 0 Å². The number of Topliss-reactive ketones (excluding diaryl/α,β-unsaturated/α-hetero) is 1. The van der Waals surface area contributed by atoms with Gasteiger partial charge in [-0.05, 0) is 0 Å². The zero-order chi connectivity index (χ0) is 12.6. The van der Waals surface area contributed by atoms with Crippen LogP contribution in [0.15, 0.2) is 0 Å². The Hall–Kier alpha value is -1.30. The standard InChI is InChI=1S/C9H14ClNO5/c1-2-6(12)5-7(8(13)14)11-9(15)16-4-3-10/h7H,2-5H2,1H3,(H,11,15)(H,13,14). The summed E-state index contributed by atoms with van der Waals surface area (Å²) in [6.07, 6.45) is -0.916. The molecule has 0 aliphatic rings. The average Bonchev–Trinajstić information content (AvgIpc) is 2.24. The molecule has 0 aromatic heterocycles. The van der Waals surface area contributed by atoms with E-state index in [1.54, 1.807) is 6.92 Å². The lowest BCUT2D eigenvalue weighted by Crippen LogP contribution is -2.42. The van der Waals surface area contributed by atoms with E-state index in [0.29, 0.717) is 0 Å². The molecule has 0 radical (unpaired) electrons. The third-order valence-corrected chi connectivity index (χ3v) is 1.88. The lowest BCUT2D eigenvalue weighted by Gasteiger charge is -2.13. The Morgan fingerprint density at radius 1 is 1.44 bits per heavy atom. The molecular formula is C9H14ClNO5. The molecule has 0 spiro atoms. The molecule has 0 aliphatic heterocycles. The van der Waals surface area contributed by atoms with Crippen molar-refractivity contribution in [3.8, 4) is 0 Å². The van der Waals surface area contributed by atoms with Gasteiger partial charge in [-0.1, -0.05) is 6.92 Å². The molecular weight excluding hydrogens is 238 g/mol. The number of hydrogen-bond acceptors (Lipinski definition) is 4. The maximum Gasteiger partial charge on any atom is 0.407 e. The second-order valence-electron chi connectivity index (χ2n) is 2.96. The molecule has 0 rings (SSSR count). The van der Waals surface area contributed by atoms with E-state index >= 15 is 0 Å². The summed E-state index contributed by atoms with van der Waals surface area (Å²) >= 11 is 5.28. The third-order valence-electron chi connectivity index (χ3n) is 1.73. The molecule has 0 aromatic carbocycles. The molecule has 0 aliphatic carbocycles. The van der Waals surface area contributed by atoms with Crippen LogP contribution < -0.4 is 5.32 Å². The van der Waals surface area contributed by atoms with E-state index < -0.39 is 18.1 Å². The van der Waals surface area contributed by atoms with Crippen molar-refractivity contribution in [2.24, 2.45) is 0 Å². The van der Waals surface area contributed by atoms with E-state index in [1.807, 2.05) is 0 Å². The summed E-state index contributed by atoms with van der Waals surface area (Å²) in [7, 11) is 0. The number of hydrogen-bond donors (Lipinski definition) is 2. The molecule has 1 unspecified atom stereocenters. The van der Waals surface area contributed by atoms with Gasteiger partial charge >= 0.3 is 12.1 Å². The number of amides is 1. The number of alkyl carbamates (subject to hydrolysis) is 1. The number of ketones is 1. The Labute approximate surface area is 97.9 Å². The highest BCUT2D eigenvalue weighted by atomic mass is 35.5. The Balaban J connectivity index is 4.17. The second kappa shape index (κ2) is 7.92. The number of alkyl halides is 1. The molecule has 92 valence electrons. The highest BCUT2D eigenvalue weighted by Crippen LogP contribution is 1.98. The van der Waals surface area contributed by atoms with Gasteiger partial charge in [0.05, 0.1) is 5.88 Å². The number of aliphatic carboxylic acids is 1. The molecule has 0 saturated heterocycles. The summed E-state index contributed by atoms with van der Waals surface area (Å²) in [5.74, 6) is -1.39. The van der Waals surface area contributed by atoms with Crippen molar-refractivity contribution in [3.05, 3.63) is 0 Å². The Morgan fingerprint density at radius 3 is 2.50 bits per heavy atom. The fraction of sp³-hybridized carbons (Fsp3) is 0.667. The van der Waals surface area contributed by atoms with Crippen LogP contribution in [0.5, 0.6) is 0 Å². The molecule has 16 heavy (non-hydrogen) atoms. The zero-order valence-electron chi connectivity index (χ0n) is 8.86. The summed E-state index contributed by atoms with van der Waals surface area (Å²) in [5, 5.41) is 10.8. The van der Waals surface area contributed by atoms with E-state index in [-0.39, 0.29) is 31.1 Å². The minimum Gasteiger partial charge on any atom is -0.480 e. The van der Waals surface area contributed by atoms with Gasteiger partial charge in [-0.3, -0.25) is 4.79 Å². The van der Waals surface area contributed by atoms with Crippen LogP contribution in [-0.4, -0.2) is 41.5 Å². The number of carboxylic acids is 1. The lowest BCUT2D eigenvalue weighted by molar-refractivity contribution is -0.141. The van der Waals surface area contributed by atoms with Crippen molar-refractivity contribution in [3.63, 3.8) is 0 Å². The van der Waals surface area contributed by atoms with Crippen molar-refractivity contribution in [2.45, 2.75) is 25.8 Å². The molecule has 7 heteroatoms. The van der Waals surface area contributed by atoms with Crippen molar-refractivity contribution < 1.29 is 24.2 Å². The van der Waals surface area contributed by atoms with Crippen LogP contribution in [0.4, 0.5) is 4.79 Å². The van der Waals surface area contributed by atoms with Crippen LogP contribution in [0.25, 0.3) is 0 Å². The van der Waals surface area contributed by atoms with Gasteiger partial charge < -0.3 is 15.2 Å². The number of carboxylic acid groups (broad SMARTS) is 1. The van der Waals surface area contributed by atoms with Crippen molar-refractivity contribution in [1.82, 2.24) is 5.32 Å². The highest BCUT2D eigenvalue weighted by molar-refractivity contribution is 6.18. The number of rotatable bonds is 7. The first kappa shape index (κ1) is 14.7. The van der Waals surface area contributed by atoms with Crippen molar-refractivity contribution in [2.75, 3.05) is 12.5 Å². The average molecular weight is 252 g/mol. The predicted molar refractivity (Wildman–Crippen MR) is 56.5 cm³/mol. The minimum atomic E-state index is -1.27. The Kier molecular flexibility index (Phi) is 7.28. The first-order chi connectivity index (χ1) is 7.51. The van der Waals surface area contributed by atoms with Gasteiger partial charge in [0.25, 0.3) is 0 Å². The topological polar surface area (TPSA) is 92.7 Å². The number of halogens is 1. The monoisotopic (exact) mass is 251 g/mol. The normalized spacial score (nSPS) is 11.6. The van der Waals surface area contributed by atoms with Crippen LogP contribution in [0.1, 0.15) is 19.8 Å². The van der Waals surface area contributed by atoms with Crippen LogP contribution in [-0.2, 0) is 14.3 Å². The minimum absolute atomic E-state index is 0.0124. The van der Waals surface area contributed by atoms with Crippen molar-refractivity contribution >= 4 is 29.4 Å². The molecule has 1 atom stereocenters. The smallest absolute Gasteiger partial charge is 0.407 e.